The van der Waals surface area contributed by atoms with Gasteiger partial charge in [0.15, 0.2) is 0 Å². The minimum atomic E-state index is -1.05. The van der Waals surface area contributed by atoms with Crippen LogP contribution in [0.5, 0.6) is 5.75 Å². The predicted molar refractivity (Wildman–Crippen MR) is 121 cm³/mol. The van der Waals surface area contributed by atoms with Gasteiger partial charge in [0, 0.05) is 43.3 Å². The Morgan fingerprint density at radius 1 is 1.50 bits per heavy atom. The zero-order valence-electron chi connectivity index (χ0n) is 17.7. The molecule has 1 saturated heterocycles. The lowest BCUT2D eigenvalue weighted by Crippen LogP contribution is -2.59. The molecule has 166 valence electrons. The molecule has 1 fully saturated rings. The largest absolute Gasteiger partial charge is 0.485 e. The van der Waals surface area contributed by atoms with Crippen molar-refractivity contribution in [3.63, 3.8) is 0 Å². The van der Waals surface area contributed by atoms with E-state index in [-0.39, 0.29) is 24.5 Å². The second-order valence-electron chi connectivity index (χ2n) is 8.67. The molecule has 2 heterocycles. The second-order valence-corrected chi connectivity index (χ2v) is 10.6. The summed E-state index contributed by atoms with van der Waals surface area (Å²) in [7, 11) is 0. The number of aliphatic hydroxyl groups excluding tert-OH is 1. The molecular formula is C21H31ClN4O3S. The fourth-order valence-electron chi connectivity index (χ4n) is 4.02. The molecule has 2 aliphatic rings. The highest BCUT2D eigenvalue weighted by Gasteiger charge is 2.44. The summed E-state index contributed by atoms with van der Waals surface area (Å²) in [5.74, 6) is 0.682. The molecule has 0 bridgehead atoms. The molecule has 1 spiro atoms. The summed E-state index contributed by atoms with van der Waals surface area (Å²) in [5.41, 5.74) is 6.70. The van der Waals surface area contributed by atoms with Gasteiger partial charge in [0.2, 0.25) is 0 Å². The van der Waals surface area contributed by atoms with Gasteiger partial charge in [0.05, 0.1) is 16.7 Å². The Balaban J connectivity index is 1.64. The van der Waals surface area contributed by atoms with Gasteiger partial charge < -0.3 is 20.1 Å². The van der Waals surface area contributed by atoms with Crippen molar-refractivity contribution in [1.82, 2.24) is 10.2 Å². The number of hydrogen-bond donors (Lipinski definition) is 4. The molecule has 3 rings (SSSR count). The van der Waals surface area contributed by atoms with Crippen LogP contribution in [-0.2, 0) is 0 Å². The highest BCUT2D eigenvalue weighted by atomic mass is 35.5. The Kier molecular flexibility index (Phi) is 6.91. The van der Waals surface area contributed by atoms with E-state index in [4.69, 9.17) is 27.5 Å². The van der Waals surface area contributed by atoms with Crippen LogP contribution in [0.3, 0.4) is 0 Å². The molecule has 7 nitrogen and oxygen atoms in total. The molecule has 1 aromatic carbocycles. The number of para-hydroxylation sites is 1. The third kappa shape index (κ3) is 5.04. The van der Waals surface area contributed by atoms with Crippen molar-refractivity contribution >= 4 is 34.4 Å². The molecule has 1 aromatic rings. The molecular weight excluding hydrogens is 424 g/mol. The van der Waals surface area contributed by atoms with Crippen molar-refractivity contribution < 1.29 is 14.6 Å². The van der Waals surface area contributed by atoms with Gasteiger partial charge in [-0.3, -0.25) is 11.1 Å². The number of thioether (sulfide) groups is 1. The molecule has 9 heteroatoms. The Bertz CT molecular complexity index is 809. The minimum absolute atomic E-state index is 0.0291. The van der Waals surface area contributed by atoms with Gasteiger partial charge in [-0.25, -0.2) is 4.79 Å². The van der Waals surface area contributed by atoms with Gasteiger partial charge >= 0.3 is 6.03 Å². The number of urea groups is 1. The maximum absolute atomic E-state index is 12.8. The fourth-order valence-corrected chi connectivity index (χ4v) is 5.07. The lowest BCUT2D eigenvalue weighted by molar-refractivity contribution is -0.0193. The summed E-state index contributed by atoms with van der Waals surface area (Å²) in [4.78, 5) is 13.4. The molecule has 5 N–H and O–H groups in total. The standard InChI is InChI=1S/C21H31ClN4O3S/c1-13(2)18(23)30-20(3,24)25-19(28)26-9-7-21(8-10-26)11-14(12-27)15-5-4-6-16(22)17(15)29-21/h4-6,13-14,23,27H,7-12,24H2,1-3H3,(H,25,28). The molecule has 2 aliphatic heterocycles. The minimum Gasteiger partial charge on any atom is -0.485 e. The van der Waals surface area contributed by atoms with Crippen LogP contribution < -0.4 is 15.8 Å². The van der Waals surface area contributed by atoms with Crippen LogP contribution in [0.15, 0.2) is 18.2 Å². The highest BCUT2D eigenvalue weighted by Crippen LogP contribution is 2.47. The monoisotopic (exact) mass is 454 g/mol. The van der Waals surface area contributed by atoms with Gasteiger partial charge in [0.1, 0.15) is 16.3 Å². The smallest absolute Gasteiger partial charge is 0.319 e. The number of carbonyl (C=O) groups excluding carboxylic acids is 1. The summed E-state index contributed by atoms with van der Waals surface area (Å²) in [6.07, 6.45) is 2.00. The molecule has 2 amide bonds. The Labute approximate surface area is 187 Å². The van der Waals surface area contributed by atoms with Crippen molar-refractivity contribution in [3.8, 4) is 5.75 Å². The van der Waals surface area contributed by atoms with E-state index in [2.05, 4.69) is 5.32 Å². The van der Waals surface area contributed by atoms with Gasteiger partial charge in [-0.2, -0.15) is 0 Å². The number of rotatable bonds is 4. The first kappa shape index (κ1) is 23.2. The lowest BCUT2D eigenvalue weighted by Gasteiger charge is -2.47. The van der Waals surface area contributed by atoms with Crippen LogP contribution in [0.1, 0.15) is 51.5 Å². The third-order valence-corrected chi connectivity index (χ3v) is 7.27. The average Bonchev–Trinajstić information content (AvgIpc) is 2.68. The highest BCUT2D eigenvalue weighted by molar-refractivity contribution is 8.14. The number of hydrogen-bond acceptors (Lipinski definition) is 6. The van der Waals surface area contributed by atoms with E-state index in [9.17, 15) is 9.90 Å². The van der Waals surface area contributed by atoms with Crippen molar-refractivity contribution in [3.05, 3.63) is 28.8 Å². The first-order valence-electron chi connectivity index (χ1n) is 10.3. The SMILES string of the molecule is CC(C)C(=N)SC(C)(N)NC(=O)N1CCC2(CC1)CC(CO)c1cccc(Cl)c1O2. The van der Waals surface area contributed by atoms with Crippen LogP contribution in [-0.4, -0.2) is 51.4 Å². The Hall–Kier alpha value is -1.48. The topological polar surface area (TPSA) is 112 Å². The average molecular weight is 455 g/mol. The second kappa shape index (κ2) is 8.94. The van der Waals surface area contributed by atoms with Crippen LogP contribution in [0.25, 0.3) is 0 Å². The quantitative estimate of drug-likeness (QED) is 0.314. The number of amides is 2. The van der Waals surface area contributed by atoms with Crippen molar-refractivity contribution in [2.24, 2.45) is 11.7 Å². The van der Waals surface area contributed by atoms with Crippen LogP contribution in [0.2, 0.25) is 5.02 Å². The van der Waals surface area contributed by atoms with Crippen LogP contribution in [0.4, 0.5) is 4.79 Å². The van der Waals surface area contributed by atoms with Gasteiger partial charge in [-0.05, 0) is 19.4 Å². The fraction of sp³-hybridized carbons (Fsp3) is 0.619. The van der Waals surface area contributed by atoms with E-state index in [1.54, 1.807) is 17.9 Å². The van der Waals surface area contributed by atoms with E-state index in [1.165, 1.54) is 0 Å². The number of carbonyl (C=O) groups is 1. The Morgan fingerprint density at radius 3 is 2.77 bits per heavy atom. The van der Waals surface area contributed by atoms with E-state index in [1.807, 2.05) is 26.0 Å². The molecule has 0 aromatic heterocycles. The summed E-state index contributed by atoms with van der Waals surface area (Å²) < 4.78 is 6.37. The first-order valence-corrected chi connectivity index (χ1v) is 11.5. The normalized spacial score (nSPS) is 22.2. The number of piperidine rings is 1. The zero-order chi connectivity index (χ0) is 22.1. The first-order chi connectivity index (χ1) is 14.1. The Morgan fingerprint density at radius 2 is 2.17 bits per heavy atom. The van der Waals surface area contributed by atoms with Crippen LogP contribution in [0, 0.1) is 11.3 Å². The van der Waals surface area contributed by atoms with Crippen molar-refractivity contribution in [2.75, 3.05) is 19.7 Å². The van der Waals surface area contributed by atoms with Crippen molar-refractivity contribution in [1.29, 1.82) is 5.41 Å². The maximum Gasteiger partial charge on any atom is 0.319 e. The van der Waals surface area contributed by atoms with E-state index < -0.39 is 10.6 Å². The van der Waals surface area contributed by atoms with Gasteiger partial charge in [-0.1, -0.05) is 49.3 Å². The van der Waals surface area contributed by atoms with E-state index >= 15 is 0 Å². The molecule has 0 aliphatic carbocycles. The maximum atomic E-state index is 12.8. The number of fused-ring (bicyclic) bond motifs is 1. The summed E-state index contributed by atoms with van der Waals surface area (Å²) in [6.45, 7) is 6.62. The van der Waals surface area contributed by atoms with E-state index in [0.717, 1.165) is 17.3 Å². The summed E-state index contributed by atoms with van der Waals surface area (Å²) in [5, 5.41) is 21.7. The predicted octanol–water partition coefficient (Wildman–Crippen LogP) is 3.74. The number of aliphatic hydroxyl groups is 1. The lowest BCUT2D eigenvalue weighted by atomic mass is 9.77. The van der Waals surface area contributed by atoms with Crippen LogP contribution >= 0.6 is 23.4 Å². The van der Waals surface area contributed by atoms with Crippen molar-refractivity contribution in [2.45, 2.75) is 56.5 Å². The molecule has 0 radical (unpaired) electrons. The number of benzene rings is 1. The van der Waals surface area contributed by atoms with Gasteiger partial charge in [0.25, 0.3) is 0 Å². The number of nitrogens with two attached hydrogens (primary N) is 1. The number of nitrogens with zero attached hydrogens (tertiary/aromatic N) is 1. The molecule has 0 saturated carbocycles. The number of nitrogens with one attached hydrogen (secondary N) is 2. The number of likely N-dealkylation sites (tertiary alicyclic amines) is 1. The third-order valence-electron chi connectivity index (χ3n) is 5.76. The van der Waals surface area contributed by atoms with Gasteiger partial charge in [-0.15, -0.1) is 0 Å². The molecule has 2 atom stereocenters. The number of ether oxygens (including phenoxy) is 1. The van der Waals surface area contributed by atoms with E-state index in [0.29, 0.717) is 48.2 Å². The molecule has 30 heavy (non-hydrogen) atoms. The summed E-state index contributed by atoms with van der Waals surface area (Å²) >= 11 is 7.52. The number of halogens is 1. The molecule has 2 unspecified atom stereocenters. The summed E-state index contributed by atoms with van der Waals surface area (Å²) in [6, 6.07) is 5.38. The zero-order valence-corrected chi connectivity index (χ0v) is 19.3.